The van der Waals surface area contributed by atoms with Crippen LogP contribution in [0.5, 0.6) is 0 Å². The van der Waals surface area contributed by atoms with Crippen LogP contribution in [0.4, 0.5) is 5.69 Å². The summed E-state index contributed by atoms with van der Waals surface area (Å²) in [6.45, 7) is 6.41. The Balaban J connectivity index is 1.87. The quantitative estimate of drug-likeness (QED) is 0.479. The van der Waals surface area contributed by atoms with Crippen LogP contribution in [0.25, 0.3) is 10.9 Å². The molecule has 3 aromatic rings. The summed E-state index contributed by atoms with van der Waals surface area (Å²) in [6.07, 6.45) is 0. The van der Waals surface area contributed by atoms with E-state index in [0.29, 0.717) is 22.6 Å². The van der Waals surface area contributed by atoms with Gasteiger partial charge in [0, 0.05) is 18.3 Å². The summed E-state index contributed by atoms with van der Waals surface area (Å²) < 4.78 is 1.63. The second-order valence-corrected chi connectivity index (χ2v) is 7.39. The first-order chi connectivity index (χ1) is 13.0. The first-order valence-electron chi connectivity index (χ1n) is 9.02. The monoisotopic (exact) mass is 381 g/mol. The van der Waals surface area contributed by atoms with Crippen LogP contribution in [0, 0.1) is 0 Å². The molecule has 0 bridgehead atoms. The number of fused-ring (bicyclic) bond motifs is 1. The lowest BCUT2D eigenvalue weighted by Gasteiger charge is -2.27. The molecule has 27 heavy (non-hydrogen) atoms. The van der Waals surface area contributed by atoms with E-state index in [2.05, 4.69) is 4.98 Å². The third-order valence-corrected chi connectivity index (χ3v) is 5.25. The van der Waals surface area contributed by atoms with Crippen LogP contribution < -0.4 is 10.5 Å². The lowest BCUT2D eigenvalue weighted by Crippen LogP contribution is -2.38. The second-order valence-electron chi connectivity index (χ2n) is 6.44. The highest BCUT2D eigenvalue weighted by atomic mass is 32.2. The molecule has 1 heterocycles. The van der Waals surface area contributed by atoms with Gasteiger partial charge in [-0.15, -0.1) is 0 Å². The minimum Gasteiger partial charge on any atom is -0.309 e. The normalized spacial score (nSPS) is 11.1. The van der Waals surface area contributed by atoms with Gasteiger partial charge in [-0.05, 0) is 45.0 Å². The number of amides is 1. The predicted octanol–water partition coefficient (Wildman–Crippen LogP) is 3.95. The molecule has 0 aliphatic rings. The Morgan fingerprint density at radius 2 is 1.78 bits per heavy atom. The van der Waals surface area contributed by atoms with Crippen LogP contribution in [0.3, 0.4) is 0 Å². The number of benzene rings is 2. The van der Waals surface area contributed by atoms with E-state index >= 15 is 0 Å². The minimum atomic E-state index is -0.0678. The van der Waals surface area contributed by atoms with Crippen molar-refractivity contribution in [2.45, 2.75) is 38.5 Å². The van der Waals surface area contributed by atoms with Crippen molar-refractivity contribution < 1.29 is 4.79 Å². The molecular formula is C21H23N3O2S. The number of anilines is 1. The number of aromatic nitrogens is 2. The fourth-order valence-corrected chi connectivity index (χ4v) is 3.97. The first-order valence-corrected chi connectivity index (χ1v) is 10.0. The molecule has 0 aliphatic carbocycles. The predicted molar refractivity (Wildman–Crippen MR) is 111 cm³/mol. The number of carbonyl (C=O) groups excluding carboxylic acids is 1. The molecule has 1 amide bonds. The number of nitrogens with zero attached hydrogens (tertiary/aromatic N) is 3. The molecule has 2 aromatic carbocycles. The van der Waals surface area contributed by atoms with Gasteiger partial charge in [-0.1, -0.05) is 42.1 Å². The largest absolute Gasteiger partial charge is 0.309 e. The number of hydrogen-bond acceptors (Lipinski definition) is 4. The number of thioether (sulfide) groups is 1. The highest BCUT2D eigenvalue weighted by Gasteiger charge is 2.20. The highest BCUT2D eigenvalue weighted by molar-refractivity contribution is 7.99. The van der Waals surface area contributed by atoms with Gasteiger partial charge >= 0.3 is 0 Å². The second kappa shape index (κ2) is 8.39. The molecule has 0 saturated carbocycles. The number of hydrogen-bond donors (Lipinski definition) is 0. The van der Waals surface area contributed by atoms with Crippen LogP contribution >= 0.6 is 11.8 Å². The van der Waals surface area contributed by atoms with E-state index < -0.39 is 0 Å². The summed E-state index contributed by atoms with van der Waals surface area (Å²) in [7, 11) is 0. The molecule has 0 fully saturated rings. The van der Waals surface area contributed by atoms with Crippen molar-refractivity contribution in [2.24, 2.45) is 0 Å². The van der Waals surface area contributed by atoms with Crippen LogP contribution in [0.15, 0.2) is 64.5 Å². The molecule has 3 rings (SSSR count). The summed E-state index contributed by atoms with van der Waals surface area (Å²) in [5, 5.41) is 1.18. The third kappa shape index (κ3) is 4.06. The molecule has 0 radical (unpaired) electrons. The number of carbonyl (C=O) groups is 1. The summed E-state index contributed by atoms with van der Waals surface area (Å²) in [5.41, 5.74) is 1.46. The van der Waals surface area contributed by atoms with Crippen LogP contribution in [0.1, 0.15) is 20.8 Å². The molecule has 0 N–H and O–H groups in total. The Labute approximate surface area is 163 Å². The van der Waals surface area contributed by atoms with E-state index in [1.165, 1.54) is 11.8 Å². The molecule has 1 aromatic heterocycles. The maximum Gasteiger partial charge on any atom is 0.262 e. The molecule has 0 atom stereocenters. The van der Waals surface area contributed by atoms with Gasteiger partial charge in [-0.2, -0.15) is 0 Å². The van der Waals surface area contributed by atoms with E-state index in [4.69, 9.17) is 0 Å². The van der Waals surface area contributed by atoms with Crippen molar-refractivity contribution in [3.8, 4) is 0 Å². The summed E-state index contributed by atoms with van der Waals surface area (Å²) >= 11 is 1.31. The molecule has 0 aliphatic heterocycles. The standard InChI is InChI=1S/C21H23N3O2S/c1-4-23-20(26)17-12-8-9-13-18(17)22-21(23)27-14-19(25)24(15(2)3)16-10-6-5-7-11-16/h5-13,15H,4,14H2,1-3H3. The Hall–Kier alpha value is -2.60. The van der Waals surface area contributed by atoms with Crippen molar-refractivity contribution in [1.29, 1.82) is 0 Å². The molecule has 0 saturated heterocycles. The average molecular weight is 382 g/mol. The Bertz CT molecular complexity index is 999. The Kier molecular flexibility index (Phi) is 5.96. The molecular weight excluding hydrogens is 358 g/mol. The zero-order valence-corrected chi connectivity index (χ0v) is 16.6. The average Bonchev–Trinajstić information content (AvgIpc) is 2.67. The van der Waals surface area contributed by atoms with Gasteiger partial charge in [0.1, 0.15) is 0 Å². The molecule has 6 heteroatoms. The van der Waals surface area contributed by atoms with Crippen molar-refractivity contribution in [2.75, 3.05) is 10.7 Å². The van der Waals surface area contributed by atoms with Gasteiger partial charge in [0.15, 0.2) is 5.16 Å². The number of para-hydroxylation sites is 2. The Morgan fingerprint density at radius 3 is 2.44 bits per heavy atom. The molecule has 0 unspecified atom stereocenters. The molecule has 140 valence electrons. The minimum absolute atomic E-state index is 0.00809. The smallest absolute Gasteiger partial charge is 0.262 e. The van der Waals surface area contributed by atoms with Gasteiger partial charge in [-0.25, -0.2) is 4.98 Å². The van der Waals surface area contributed by atoms with Gasteiger partial charge in [0.05, 0.1) is 16.7 Å². The zero-order chi connectivity index (χ0) is 19.4. The van der Waals surface area contributed by atoms with Gasteiger partial charge < -0.3 is 4.90 Å². The highest BCUT2D eigenvalue weighted by Crippen LogP contribution is 2.22. The summed E-state index contributed by atoms with van der Waals surface area (Å²) in [5.74, 6) is 0.212. The Morgan fingerprint density at radius 1 is 1.11 bits per heavy atom. The number of rotatable bonds is 6. The fraction of sp³-hybridized carbons (Fsp3) is 0.286. The molecule has 0 spiro atoms. The van der Waals surface area contributed by atoms with E-state index in [1.54, 1.807) is 15.5 Å². The van der Waals surface area contributed by atoms with Gasteiger partial charge in [-0.3, -0.25) is 14.2 Å². The van der Waals surface area contributed by atoms with Crippen molar-refractivity contribution >= 4 is 34.3 Å². The van der Waals surface area contributed by atoms with Crippen LogP contribution in [0.2, 0.25) is 0 Å². The van der Waals surface area contributed by atoms with E-state index in [0.717, 1.165) is 5.69 Å². The topological polar surface area (TPSA) is 55.2 Å². The zero-order valence-electron chi connectivity index (χ0n) is 15.8. The molecule has 5 nitrogen and oxygen atoms in total. The third-order valence-electron chi connectivity index (χ3n) is 4.29. The van der Waals surface area contributed by atoms with Crippen molar-refractivity contribution in [1.82, 2.24) is 9.55 Å². The summed E-state index contributed by atoms with van der Waals surface area (Å²) in [6, 6.07) is 17.0. The van der Waals surface area contributed by atoms with E-state index in [-0.39, 0.29) is 23.3 Å². The van der Waals surface area contributed by atoms with E-state index in [1.807, 2.05) is 69.3 Å². The first kappa shape index (κ1) is 19.2. The van der Waals surface area contributed by atoms with Gasteiger partial charge in [0.25, 0.3) is 5.56 Å². The lowest BCUT2D eigenvalue weighted by molar-refractivity contribution is -0.116. The van der Waals surface area contributed by atoms with Crippen LogP contribution in [-0.2, 0) is 11.3 Å². The maximum atomic E-state index is 12.9. The fourth-order valence-electron chi connectivity index (χ4n) is 3.05. The van der Waals surface area contributed by atoms with Crippen molar-refractivity contribution in [3.05, 3.63) is 65.0 Å². The summed E-state index contributed by atoms with van der Waals surface area (Å²) in [4.78, 5) is 32.0. The van der Waals surface area contributed by atoms with Crippen LogP contribution in [-0.4, -0.2) is 27.3 Å². The lowest BCUT2D eigenvalue weighted by atomic mass is 10.2. The van der Waals surface area contributed by atoms with Crippen molar-refractivity contribution in [3.63, 3.8) is 0 Å². The maximum absolute atomic E-state index is 12.9. The SMILES string of the molecule is CCn1c(SCC(=O)N(c2ccccc2)C(C)C)nc2ccccc2c1=O. The van der Waals surface area contributed by atoms with E-state index in [9.17, 15) is 9.59 Å². The van der Waals surface area contributed by atoms with Gasteiger partial charge in [0.2, 0.25) is 5.91 Å².